The molecule has 0 radical (unpaired) electrons. The third-order valence-corrected chi connectivity index (χ3v) is 2.76. The molecule has 0 unspecified atom stereocenters. The van der Waals surface area contributed by atoms with Crippen LogP contribution in [0.2, 0.25) is 0 Å². The molecule has 0 heterocycles. The number of hydrogen-bond acceptors (Lipinski definition) is 2. The van der Waals surface area contributed by atoms with Gasteiger partial charge in [0.1, 0.15) is 6.54 Å². The first-order chi connectivity index (χ1) is 8.00. The summed E-state index contributed by atoms with van der Waals surface area (Å²) in [4.78, 5) is 12.8. The van der Waals surface area contributed by atoms with E-state index in [1.54, 1.807) is 0 Å². The van der Waals surface area contributed by atoms with E-state index < -0.39 is 5.97 Å². The lowest BCUT2D eigenvalue weighted by molar-refractivity contribution is -0.135. The molecule has 0 spiro atoms. The minimum absolute atomic E-state index is 0.0670. The summed E-state index contributed by atoms with van der Waals surface area (Å²) in [5.74, 6) is -0.202. The minimum atomic E-state index is -0.781. The monoisotopic (exact) mass is 235 g/mol. The fourth-order valence-electron chi connectivity index (χ4n) is 1.78. The van der Waals surface area contributed by atoms with Gasteiger partial charge in [-0.15, -0.1) is 0 Å². The standard InChI is InChI=1S/C14H21NO2/c1-11(2)8-9-15(10-14(16)17)13-7-5-4-6-12(13)3/h4-7,11H,8-10H2,1-3H3,(H,16,17). The Balaban J connectivity index is 2.82. The second-order valence-corrected chi connectivity index (χ2v) is 4.78. The van der Waals surface area contributed by atoms with Crippen molar-refractivity contribution in [1.29, 1.82) is 0 Å². The highest BCUT2D eigenvalue weighted by atomic mass is 16.4. The third-order valence-electron chi connectivity index (χ3n) is 2.76. The van der Waals surface area contributed by atoms with Crippen LogP contribution in [0.4, 0.5) is 5.69 Å². The summed E-state index contributed by atoms with van der Waals surface area (Å²) in [5.41, 5.74) is 2.15. The van der Waals surface area contributed by atoms with Gasteiger partial charge in [0.15, 0.2) is 0 Å². The molecule has 1 aromatic carbocycles. The number of anilines is 1. The third kappa shape index (κ3) is 4.47. The Bertz CT molecular complexity index is 374. The van der Waals surface area contributed by atoms with Crippen molar-refractivity contribution in [3.63, 3.8) is 0 Å². The van der Waals surface area contributed by atoms with Crippen molar-refractivity contribution in [2.24, 2.45) is 5.92 Å². The van der Waals surface area contributed by atoms with Crippen LogP contribution in [-0.2, 0) is 4.79 Å². The van der Waals surface area contributed by atoms with Crippen molar-refractivity contribution >= 4 is 11.7 Å². The Labute approximate surface area is 103 Å². The Morgan fingerprint density at radius 2 is 2.00 bits per heavy atom. The van der Waals surface area contributed by atoms with Gasteiger partial charge in [0.25, 0.3) is 0 Å². The largest absolute Gasteiger partial charge is 0.480 e. The highest BCUT2D eigenvalue weighted by Gasteiger charge is 2.12. The molecule has 0 aromatic heterocycles. The van der Waals surface area contributed by atoms with Gasteiger partial charge >= 0.3 is 5.97 Å². The molecule has 3 nitrogen and oxygen atoms in total. The Kier molecular flexibility index (Phi) is 5.01. The number of para-hydroxylation sites is 1. The van der Waals surface area contributed by atoms with Gasteiger partial charge in [-0.1, -0.05) is 32.0 Å². The first kappa shape index (κ1) is 13.6. The maximum atomic E-state index is 10.9. The van der Waals surface area contributed by atoms with Crippen LogP contribution < -0.4 is 4.90 Å². The highest BCUT2D eigenvalue weighted by molar-refractivity contribution is 5.74. The molecular weight excluding hydrogens is 214 g/mol. The first-order valence-corrected chi connectivity index (χ1v) is 6.03. The van der Waals surface area contributed by atoms with Crippen LogP contribution in [0.25, 0.3) is 0 Å². The van der Waals surface area contributed by atoms with Crippen LogP contribution >= 0.6 is 0 Å². The van der Waals surface area contributed by atoms with Gasteiger partial charge in [-0.25, -0.2) is 0 Å². The number of aryl methyl sites for hydroxylation is 1. The second kappa shape index (κ2) is 6.28. The molecule has 94 valence electrons. The maximum absolute atomic E-state index is 10.9. The van der Waals surface area contributed by atoms with Crippen molar-refractivity contribution in [1.82, 2.24) is 0 Å². The van der Waals surface area contributed by atoms with Crippen LogP contribution in [0, 0.1) is 12.8 Å². The molecule has 0 amide bonds. The van der Waals surface area contributed by atoms with Gasteiger partial charge in [-0.3, -0.25) is 4.79 Å². The van der Waals surface area contributed by atoms with E-state index in [0.29, 0.717) is 5.92 Å². The number of carboxylic acids is 1. The predicted octanol–water partition coefficient (Wildman–Crippen LogP) is 2.93. The zero-order valence-corrected chi connectivity index (χ0v) is 10.8. The zero-order chi connectivity index (χ0) is 12.8. The maximum Gasteiger partial charge on any atom is 0.323 e. The first-order valence-electron chi connectivity index (χ1n) is 6.03. The average Bonchev–Trinajstić information content (AvgIpc) is 2.24. The summed E-state index contributed by atoms with van der Waals surface area (Å²) in [6.45, 7) is 7.17. The number of carbonyl (C=O) groups is 1. The van der Waals surface area contributed by atoms with Crippen molar-refractivity contribution < 1.29 is 9.90 Å². The summed E-state index contributed by atoms with van der Waals surface area (Å²) < 4.78 is 0. The molecule has 0 aliphatic rings. The number of rotatable bonds is 6. The second-order valence-electron chi connectivity index (χ2n) is 4.78. The smallest absolute Gasteiger partial charge is 0.323 e. The topological polar surface area (TPSA) is 40.5 Å². The normalized spacial score (nSPS) is 10.6. The summed E-state index contributed by atoms with van der Waals surface area (Å²) >= 11 is 0. The molecule has 1 rings (SSSR count). The van der Waals surface area contributed by atoms with Crippen LogP contribution in [0.5, 0.6) is 0 Å². The van der Waals surface area contributed by atoms with E-state index in [4.69, 9.17) is 5.11 Å². The molecular formula is C14H21NO2. The molecule has 0 aliphatic heterocycles. The van der Waals surface area contributed by atoms with Crippen LogP contribution in [0.15, 0.2) is 24.3 Å². The van der Waals surface area contributed by atoms with Crippen molar-refractivity contribution in [2.45, 2.75) is 27.2 Å². The summed E-state index contributed by atoms with van der Waals surface area (Å²) in [5, 5.41) is 8.96. The molecule has 0 fully saturated rings. The zero-order valence-electron chi connectivity index (χ0n) is 10.8. The fourth-order valence-corrected chi connectivity index (χ4v) is 1.78. The van der Waals surface area contributed by atoms with Gasteiger partial charge in [0.05, 0.1) is 0 Å². The summed E-state index contributed by atoms with van der Waals surface area (Å²) in [6, 6.07) is 7.92. The average molecular weight is 235 g/mol. The van der Waals surface area contributed by atoms with E-state index in [-0.39, 0.29) is 6.54 Å². The number of benzene rings is 1. The van der Waals surface area contributed by atoms with Gasteiger partial charge in [-0.2, -0.15) is 0 Å². The lowest BCUT2D eigenvalue weighted by atomic mass is 10.1. The van der Waals surface area contributed by atoms with Crippen LogP contribution in [0.3, 0.4) is 0 Å². The predicted molar refractivity (Wildman–Crippen MR) is 70.5 cm³/mol. The molecule has 0 aliphatic carbocycles. The van der Waals surface area contributed by atoms with E-state index in [2.05, 4.69) is 13.8 Å². The van der Waals surface area contributed by atoms with E-state index in [0.717, 1.165) is 24.2 Å². The van der Waals surface area contributed by atoms with E-state index in [1.807, 2.05) is 36.1 Å². The van der Waals surface area contributed by atoms with Crippen LogP contribution in [-0.4, -0.2) is 24.2 Å². The molecule has 3 heteroatoms. The number of nitrogens with zero attached hydrogens (tertiary/aromatic N) is 1. The Morgan fingerprint density at radius 3 is 2.53 bits per heavy atom. The fraction of sp³-hybridized carbons (Fsp3) is 0.500. The molecule has 1 aromatic rings. The Morgan fingerprint density at radius 1 is 1.35 bits per heavy atom. The summed E-state index contributed by atoms with van der Waals surface area (Å²) in [6.07, 6.45) is 1.00. The molecule has 0 atom stereocenters. The van der Waals surface area contributed by atoms with Gasteiger partial charge in [-0.05, 0) is 30.9 Å². The highest BCUT2D eigenvalue weighted by Crippen LogP contribution is 2.20. The summed E-state index contributed by atoms with van der Waals surface area (Å²) in [7, 11) is 0. The van der Waals surface area contributed by atoms with Crippen molar-refractivity contribution in [2.75, 3.05) is 18.0 Å². The molecule has 0 bridgehead atoms. The lowest BCUT2D eigenvalue weighted by Gasteiger charge is -2.25. The SMILES string of the molecule is Cc1ccccc1N(CCC(C)C)CC(=O)O. The van der Waals surface area contributed by atoms with Gasteiger partial charge in [0, 0.05) is 12.2 Å². The molecule has 17 heavy (non-hydrogen) atoms. The number of carboxylic acid groups (broad SMARTS) is 1. The quantitative estimate of drug-likeness (QED) is 0.824. The van der Waals surface area contributed by atoms with Crippen molar-refractivity contribution in [3.8, 4) is 0 Å². The van der Waals surface area contributed by atoms with E-state index in [9.17, 15) is 4.79 Å². The molecule has 1 N–H and O–H groups in total. The van der Waals surface area contributed by atoms with Crippen LogP contribution in [0.1, 0.15) is 25.8 Å². The number of hydrogen-bond donors (Lipinski definition) is 1. The van der Waals surface area contributed by atoms with Gasteiger partial charge < -0.3 is 10.0 Å². The van der Waals surface area contributed by atoms with E-state index >= 15 is 0 Å². The van der Waals surface area contributed by atoms with E-state index in [1.165, 1.54) is 0 Å². The Hall–Kier alpha value is -1.51. The molecule has 0 saturated carbocycles. The minimum Gasteiger partial charge on any atom is -0.480 e. The lowest BCUT2D eigenvalue weighted by Crippen LogP contribution is -2.31. The molecule has 0 saturated heterocycles. The number of aliphatic carboxylic acids is 1. The van der Waals surface area contributed by atoms with Gasteiger partial charge in [0.2, 0.25) is 0 Å². The van der Waals surface area contributed by atoms with Crippen molar-refractivity contribution in [3.05, 3.63) is 29.8 Å².